The summed E-state index contributed by atoms with van der Waals surface area (Å²) in [5.74, 6) is -2.31. The molecule has 10 atom stereocenters. The predicted octanol–water partition coefficient (Wildman–Crippen LogP) is -1.38. The lowest BCUT2D eigenvalue weighted by atomic mass is 9.97. The van der Waals surface area contributed by atoms with Crippen molar-refractivity contribution in [2.75, 3.05) is 13.7 Å². The van der Waals surface area contributed by atoms with Crippen LogP contribution in [0.25, 0.3) is 22.3 Å². The molecule has 0 saturated carbocycles. The number of hydrogen-bond acceptors (Lipinski definition) is 16. The van der Waals surface area contributed by atoms with Gasteiger partial charge in [-0.3, -0.25) is 4.79 Å². The fourth-order valence-corrected chi connectivity index (χ4v) is 5.09. The molecule has 1 aromatic heterocycles. The lowest BCUT2D eigenvalue weighted by Gasteiger charge is -2.45. The summed E-state index contributed by atoms with van der Waals surface area (Å²) < 4.78 is 33.4. The number of aliphatic hydroxyl groups excluding tert-OH is 6. The molecule has 2 aliphatic rings. The Hall–Kier alpha value is -3.71. The zero-order valence-electron chi connectivity index (χ0n) is 23.3. The van der Waals surface area contributed by atoms with Gasteiger partial charge in [-0.1, -0.05) is 0 Å². The smallest absolute Gasteiger partial charge is 0.239 e. The van der Waals surface area contributed by atoms with Crippen molar-refractivity contribution in [2.45, 2.75) is 68.3 Å². The van der Waals surface area contributed by atoms with Crippen LogP contribution in [0.5, 0.6) is 28.7 Å². The van der Waals surface area contributed by atoms with E-state index in [1.54, 1.807) is 0 Å². The zero-order valence-corrected chi connectivity index (χ0v) is 23.3. The van der Waals surface area contributed by atoms with Crippen LogP contribution in [0.15, 0.2) is 39.5 Å². The minimum absolute atomic E-state index is 0.0200. The van der Waals surface area contributed by atoms with Gasteiger partial charge in [0.05, 0.1) is 19.8 Å². The van der Waals surface area contributed by atoms with Crippen molar-refractivity contribution in [3.05, 3.63) is 40.6 Å². The number of phenols is 3. The fraction of sp³-hybridized carbons (Fsp3) is 0.464. The van der Waals surface area contributed by atoms with Crippen molar-refractivity contribution in [2.24, 2.45) is 0 Å². The number of fused-ring (bicyclic) bond motifs is 1. The van der Waals surface area contributed by atoms with E-state index in [9.17, 15) is 50.8 Å². The Bertz CT molecular complexity index is 1560. The Kier molecular flexibility index (Phi) is 8.90. The van der Waals surface area contributed by atoms with Crippen molar-refractivity contribution >= 4 is 11.0 Å². The van der Waals surface area contributed by atoms with Gasteiger partial charge in [-0.15, -0.1) is 0 Å². The van der Waals surface area contributed by atoms with E-state index in [0.29, 0.717) is 0 Å². The summed E-state index contributed by atoms with van der Waals surface area (Å²) in [7, 11) is 1.28. The lowest BCUT2D eigenvalue weighted by Crippen LogP contribution is -2.64. The molecule has 0 spiro atoms. The normalized spacial score (nSPS) is 32.5. The molecule has 44 heavy (non-hydrogen) atoms. The molecule has 2 aliphatic heterocycles. The summed E-state index contributed by atoms with van der Waals surface area (Å²) in [6, 6.07) is 5.82. The second-order valence-electron chi connectivity index (χ2n) is 10.4. The predicted molar refractivity (Wildman–Crippen MR) is 145 cm³/mol. The average Bonchev–Trinajstić information content (AvgIpc) is 2.98. The van der Waals surface area contributed by atoms with Crippen LogP contribution >= 0.6 is 0 Å². The van der Waals surface area contributed by atoms with Gasteiger partial charge in [0, 0.05) is 17.7 Å². The largest absolute Gasteiger partial charge is 0.508 e. The summed E-state index contributed by atoms with van der Waals surface area (Å²) in [6.45, 7) is 0.567. The quantitative estimate of drug-likeness (QED) is 0.147. The fourth-order valence-electron chi connectivity index (χ4n) is 5.09. The summed E-state index contributed by atoms with van der Waals surface area (Å²) in [4.78, 5) is 13.7. The van der Waals surface area contributed by atoms with Crippen molar-refractivity contribution in [3.63, 3.8) is 0 Å². The number of benzene rings is 2. The first kappa shape index (κ1) is 31.7. The number of rotatable bonds is 7. The summed E-state index contributed by atoms with van der Waals surface area (Å²) in [5.41, 5.74) is -1.13. The Labute approximate surface area is 248 Å². The van der Waals surface area contributed by atoms with Gasteiger partial charge in [0.15, 0.2) is 23.5 Å². The van der Waals surface area contributed by atoms with Crippen molar-refractivity contribution in [1.82, 2.24) is 0 Å². The maximum absolute atomic E-state index is 13.7. The molecular formula is C28H32O16. The van der Waals surface area contributed by atoms with Crippen LogP contribution < -0.4 is 14.9 Å². The molecule has 0 unspecified atom stereocenters. The average molecular weight is 625 g/mol. The third-order valence-corrected chi connectivity index (χ3v) is 7.52. The second-order valence-corrected chi connectivity index (χ2v) is 10.4. The SMILES string of the molecule is COc1cc(-c2oc3cc(O)cc(O)c3c(=O)c2O[C@@H]2O[C@H](CO)[C@@H](O)[C@H](O[C@@H]3O[C@@H](C)[C@H](O)[C@@H](O)[C@H]3O)[C@H]2O)ccc1O. The van der Waals surface area contributed by atoms with E-state index in [0.717, 1.165) is 12.1 Å². The highest BCUT2D eigenvalue weighted by molar-refractivity contribution is 5.88. The Morgan fingerprint density at radius 3 is 2.25 bits per heavy atom. The highest BCUT2D eigenvalue weighted by Crippen LogP contribution is 2.40. The topological polar surface area (TPSA) is 258 Å². The van der Waals surface area contributed by atoms with Gasteiger partial charge in [-0.05, 0) is 25.1 Å². The number of ether oxygens (including phenoxy) is 5. The third-order valence-electron chi connectivity index (χ3n) is 7.52. The summed E-state index contributed by atoms with van der Waals surface area (Å²) in [6.07, 6.45) is -16.4. The van der Waals surface area contributed by atoms with Gasteiger partial charge in [-0.25, -0.2) is 0 Å². The molecule has 2 saturated heterocycles. The highest BCUT2D eigenvalue weighted by Gasteiger charge is 2.51. The van der Waals surface area contributed by atoms with E-state index in [2.05, 4.69) is 0 Å². The number of aliphatic hydroxyl groups is 6. The van der Waals surface area contributed by atoms with Crippen molar-refractivity contribution in [3.8, 4) is 40.1 Å². The lowest BCUT2D eigenvalue weighted by molar-refractivity contribution is -0.349. The van der Waals surface area contributed by atoms with Gasteiger partial charge in [0.25, 0.3) is 0 Å². The van der Waals surface area contributed by atoms with Gasteiger partial charge < -0.3 is 74.1 Å². The van der Waals surface area contributed by atoms with Crippen LogP contribution in [0.3, 0.4) is 0 Å². The number of hydrogen-bond donors (Lipinski definition) is 9. The minimum Gasteiger partial charge on any atom is -0.508 e. The molecule has 16 nitrogen and oxygen atoms in total. The molecule has 0 amide bonds. The molecule has 3 aromatic rings. The molecule has 9 N–H and O–H groups in total. The number of methoxy groups -OCH3 is 1. The van der Waals surface area contributed by atoms with E-state index < -0.39 is 96.1 Å². The van der Waals surface area contributed by atoms with E-state index in [4.69, 9.17) is 28.1 Å². The molecule has 2 aromatic carbocycles. The van der Waals surface area contributed by atoms with E-state index in [1.165, 1.54) is 32.2 Å². The molecule has 240 valence electrons. The molecule has 0 radical (unpaired) electrons. The molecule has 5 rings (SSSR count). The molecular weight excluding hydrogens is 592 g/mol. The first-order valence-electron chi connectivity index (χ1n) is 13.4. The van der Waals surface area contributed by atoms with Gasteiger partial charge >= 0.3 is 0 Å². The minimum atomic E-state index is -1.95. The van der Waals surface area contributed by atoms with Crippen LogP contribution in [0.1, 0.15) is 6.92 Å². The van der Waals surface area contributed by atoms with Crippen LogP contribution in [0, 0.1) is 0 Å². The number of aromatic hydroxyl groups is 3. The number of phenolic OH excluding ortho intramolecular Hbond substituents is 3. The second kappa shape index (κ2) is 12.4. The van der Waals surface area contributed by atoms with E-state index in [1.807, 2.05) is 0 Å². The van der Waals surface area contributed by atoms with Gasteiger partial charge in [-0.2, -0.15) is 0 Å². The summed E-state index contributed by atoms with van der Waals surface area (Å²) in [5, 5.41) is 92.6. The molecule has 0 aliphatic carbocycles. The van der Waals surface area contributed by atoms with Crippen LogP contribution in [0.2, 0.25) is 0 Å². The Balaban J connectivity index is 1.57. The van der Waals surface area contributed by atoms with E-state index in [-0.39, 0.29) is 28.4 Å². The standard InChI is InChI=1S/C28H32O16/c1-9-18(33)21(36)22(37)27(40-9)43-25-19(34)16(8-29)42-28(23(25)38)44-26-20(35)17-13(32)6-11(30)7-15(17)41-24(26)10-3-4-12(31)14(5-10)39-2/h3-7,9,16,18-19,21-23,25,27-34,36-38H,8H2,1-2H3/t9-,16+,18-,19+,21+,22+,23+,25-,27-,28-/m0/s1. The monoisotopic (exact) mass is 624 g/mol. The van der Waals surface area contributed by atoms with Crippen LogP contribution in [-0.4, -0.2) is 121 Å². The maximum atomic E-state index is 13.7. The molecule has 16 heteroatoms. The Morgan fingerprint density at radius 1 is 0.841 bits per heavy atom. The van der Waals surface area contributed by atoms with Crippen LogP contribution in [-0.2, 0) is 14.2 Å². The highest BCUT2D eigenvalue weighted by atomic mass is 16.7. The van der Waals surface area contributed by atoms with Gasteiger partial charge in [0.2, 0.25) is 17.5 Å². The van der Waals surface area contributed by atoms with Gasteiger partial charge in [0.1, 0.15) is 65.2 Å². The van der Waals surface area contributed by atoms with Crippen molar-refractivity contribution in [1.29, 1.82) is 0 Å². The zero-order chi connectivity index (χ0) is 32.0. The molecule has 0 bridgehead atoms. The molecule has 2 fully saturated rings. The molecule has 3 heterocycles. The maximum Gasteiger partial charge on any atom is 0.239 e. The van der Waals surface area contributed by atoms with Crippen LogP contribution in [0.4, 0.5) is 0 Å². The Morgan fingerprint density at radius 2 is 1.57 bits per heavy atom. The summed E-state index contributed by atoms with van der Waals surface area (Å²) >= 11 is 0. The third kappa shape index (κ3) is 5.63. The first-order valence-corrected chi connectivity index (χ1v) is 13.4. The van der Waals surface area contributed by atoms with Crippen molar-refractivity contribution < 1.29 is 74.1 Å². The van der Waals surface area contributed by atoms with E-state index >= 15 is 0 Å². The first-order chi connectivity index (χ1) is 20.9.